The molecule has 2 unspecified atom stereocenters. The second-order valence-electron chi connectivity index (χ2n) is 6.55. The molecule has 0 saturated carbocycles. The molecule has 0 aliphatic carbocycles. The van der Waals surface area contributed by atoms with Crippen molar-refractivity contribution in [3.8, 4) is 0 Å². The van der Waals surface area contributed by atoms with Crippen molar-refractivity contribution in [1.82, 2.24) is 10.6 Å². The molecule has 110 valence electrons. The third-order valence-corrected chi connectivity index (χ3v) is 3.36. The summed E-state index contributed by atoms with van der Waals surface area (Å²) in [6, 6.07) is -0.155. The van der Waals surface area contributed by atoms with Gasteiger partial charge in [-0.1, -0.05) is 27.2 Å². The van der Waals surface area contributed by atoms with Crippen LogP contribution >= 0.6 is 0 Å². The summed E-state index contributed by atoms with van der Waals surface area (Å²) in [5, 5.41) is 15.1. The van der Waals surface area contributed by atoms with Gasteiger partial charge in [-0.15, -0.1) is 0 Å². The second kappa shape index (κ2) is 6.89. The van der Waals surface area contributed by atoms with Gasteiger partial charge in [0.1, 0.15) is 0 Å². The molecule has 3 N–H and O–H groups in total. The van der Waals surface area contributed by atoms with E-state index in [0.717, 1.165) is 25.8 Å². The first-order valence-corrected chi connectivity index (χ1v) is 7.03. The second-order valence-corrected chi connectivity index (χ2v) is 6.55. The number of aliphatic carboxylic acids is 1. The van der Waals surface area contributed by atoms with Gasteiger partial charge in [-0.05, 0) is 31.2 Å². The monoisotopic (exact) mass is 270 g/mol. The van der Waals surface area contributed by atoms with E-state index in [-0.39, 0.29) is 23.9 Å². The number of nitrogens with one attached hydrogen (secondary N) is 2. The number of amides is 1. The lowest BCUT2D eigenvalue weighted by Crippen LogP contribution is -2.48. The number of hydrogen-bond acceptors (Lipinski definition) is 3. The summed E-state index contributed by atoms with van der Waals surface area (Å²) in [5.74, 6) is -1.43. The molecule has 5 heteroatoms. The van der Waals surface area contributed by atoms with E-state index in [9.17, 15) is 14.7 Å². The maximum atomic E-state index is 11.9. The highest BCUT2D eigenvalue weighted by molar-refractivity contribution is 5.82. The van der Waals surface area contributed by atoms with Crippen molar-refractivity contribution in [2.24, 2.45) is 11.3 Å². The van der Waals surface area contributed by atoms with Gasteiger partial charge in [0.15, 0.2) is 0 Å². The summed E-state index contributed by atoms with van der Waals surface area (Å²) < 4.78 is 0. The molecule has 1 aliphatic heterocycles. The summed E-state index contributed by atoms with van der Waals surface area (Å²) in [5.41, 5.74) is -0.0587. The first-order valence-electron chi connectivity index (χ1n) is 7.03. The lowest BCUT2D eigenvalue weighted by atomic mass is 9.84. The maximum absolute atomic E-state index is 11.9. The fourth-order valence-electron chi connectivity index (χ4n) is 2.41. The lowest BCUT2D eigenvalue weighted by Gasteiger charge is -2.26. The van der Waals surface area contributed by atoms with Gasteiger partial charge in [0, 0.05) is 6.54 Å². The smallest absolute Gasteiger partial charge is 0.308 e. The lowest BCUT2D eigenvalue weighted by molar-refractivity contribution is -0.142. The maximum Gasteiger partial charge on any atom is 0.308 e. The zero-order valence-corrected chi connectivity index (χ0v) is 12.2. The van der Waals surface area contributed by atoms with Crippen molar-refractivity contribution in [2.45, 2.75) is 52.5 Å². The molecule has 1 amide bonds. The minimum atomic E-state index is -0.841. The van der Waals surface area contributed by atoms with Crippen LogP contribution in [0, 0.1) is 11.3 Å². The average molecular weight is 270 g/mol. The van der Waals surface area contributed by atoms with Crippen LogP contribution in [-0.4, -0.2) is 36.1 Å². The molecule has 1 aliphatic rings. The van der Waals surface area contributed by atoms with Crippen LogP contribution in [0.5, 0.6) is 0 Å². The van der Waals surface area contributed by atoms with Crippen LogP contribution in [-0.2, 0) is 9.59 Å². The molecule has 0 bridgehead atoms. The van der Waals surface area contributed by atoms with Crippen molar-refractivity contribution in [3.05, 3.63) is 0 Å². The van der Waals surface area contributed by atoms with E-state index in [1.807, 2.05) is 20.8 Å². The van der Waals surface area contributed by atoms with Gasteiger partial charge < -0.3 is 15.7 Å². The first kappa shape index (κ1) is 16.0. The molecule has 0 aromatic rings. The number of carboxylic acid groups (broad SMARTS) is 1. The van der Waals surface area contributed by atoms with Crippen LogP contribution in [0.15, 0.2) is 0 Å². The zero-order valence-electron chi connectivity index (χ0n) is 12.2. The highest BCUT2D eigenvalue weighted by atomic mass is 16.4. The summed E-state index contributed by atoms with van der Waals surface area (Å²) in [6.07, 6.45) is 3.55. The van der Waals surface area contributed by atoms with E-state index in [1.54, 1.807) is 0 Å². The highest BCUT2D eigenvalue weighted by Gasteiger charge is 2.26. The molecule has 1 heterocycles. The largest absolute Gasteiger partial charge is 0.481 e. The molecule has 1 fully saturated rings. The Kier molecular flexibility index (Phi) is 5.79. The van der Waals surface area contributed by atoms with Gasteiger partial charge in [-0.2, -0.15) is 0 Å². The average Bonchev–Trinajstić information content (AvgIpc) is 2.33. The Morgan fingerprint density at radius 1 is 1.37 bits per heavy atom. The van der Waals surface area contributed by atoms with Crippen LogP contribution in [0.4, 0.5) is 0 Å². The Balaban J connectivity index is 2.42. The molecule has 5 nitrogen and oxygen atoms in total. The van der Waals surface area contributed by atoms with Crippen molar-refractivity contribution in [2.75, 3.05) is 13.1 Å². The third kappa shape index (κ3) is 6.05. The Bertz CT molecular complexity index is 317. The van der Waals surface area contributed by atoms with Gasteiger partial charge >= 0.3 is 5.97 Å². The Labute approximate surface area is 115 Å². The van der Waals surface area contributed by atoms with Crippen LogP contribution < -0.4 is 10.6 Å². The number of carboxylic acids is 1. The fraction of sp³-hybridized carbons (Fsp3) is 0.857. The number of piperidine rings is 1. The SMILES string of the molecule is CC(C)(C)CC(CNC(=O)C1CCCCN1)C(=O)O. The molecule has 2 atom stereocenters. The van der Waals surface area contributed by atoms with Gasteiger partial charge in [0.2, 0.25) is 5.91 Å². The van der Waals surface area contributed by atoms with E-state index in [1.165, 1.54) is 0 Å². The van der Waals surface area contributed by atoms with E-state index in [4.69, 9.17) is 0 Å². The van der Waals surface area contributed by atoms with Crippen molar-refractivity contribution in [3.63, 3.8) is 0 Å². The van der Waals surface area contributed by atoms with E-state index in [2.05, 4.69) is 10.6 Å². The van der Waals surface area contributed by atoms with Crippen LogP contribution in [0.25, 0.3) is 0 Å². The minimum absolute atomic E-state index is 0.0587. The van der Waals surface area contributed by atoms with Gasteiger partial charge in [0.05, 0.1) is 12.0 Å². The summed E-state index contributed by atoms with van der Waals surface area (Å²) in [4.78, 5) is 23.1. The normalized spacial score (nSPS) is 21.7. The highest BCUT2D eigenvalue weighted by Crippen LogP contribution is 2.24. The van der Waals surface area contributed by atoms with Gasteiger partial charge in [-0.3, -0.25) is 9.59 Å². The Morgan fingerprint density at radius 3 is 2.53 bits per heavy atom. The molecule has 0 aromatic carbocycles. The van der Waals surface area contributed by atoms with E-state index in [0.29, 0.717) is 6.42 Å². The van der Waals surface area contributed by atoms with Crippen molar-refractivity contribution in [1.29, 1.82) is 0 Å². The Hall–Kier alpha value is -1.10. The quantitative estimate of drug-likeness (QED) is 0.705. The van der Waals surface area contributed by atoms with Crippen molar-refractivity contribution < 1.29 is 14.7 Å². The summed E-state index contributed by atoms with van der Waals surface area (Å²) in [7, 11) is 0. The molecular weight excluding hydrogens is 244 g/mol. The first-order chi connectivity index (χ1) is 8.79. The van der Waals surface area contributed by atoms with Gasteiger partial charge in [0.25, 0.3) is 0 Å². The molecule has 0 spiro atoms. The fourth-order valence-corrected chi connectivity index (χ4v) is 2.41. The molecule has 19 heavy (non-hydrogen) atoms. The van der Waals surface area contributed by atoms with Crippen LogP contribution in [0.2, 0.25) is 0 Å². The van der Waals surface area contributed by atoms with Crippen molar-refractivity contribution >= 4 is 11.9 Å². The molecular formula is C14H26N2O3. The number of hydrogen-bond donors (Lipinski definition) is 3. The summed E-state index contributed by atoms with van der Waals surface area (Å²) in [6.45, 7) is 7.10. The van der Waals surface area contributed by atoms with E-state index >= 15 is 0 Å². The van der Waals surface area contributed by atoms with E-state index < -0.39 is 11.9 Å². The predicted molar refractivity (Wildman–Crippen MR) is 73.8 cm³/mol. The molecule has 0 aromatic heterocycles. The standard InChI is InChI=1S/C14H26N2O3/c1-14(2,3)8-10(13(18)19)9-16-12(17)11-6-4-5-7-15-11/h10-11,15H,4-9H2,1-3H3,(H,16,17)(H,18,19). The van der Waals surface area contributed by atoms with Gasteiger partial charge in [-0.25, -0.2) is 0 Å². The minimum Gasteiger partial charge on any atom is -0.481 e. The summed E-state index contributed by atoms with van der Waals surface area (Å²) >= 11 is 0. The number of carbonyl (C=O) groups is 2. The molecule has 1 saturated heterocycles. The number of rotatable bonds is 5. The van der Waals surface area contributed by atoms with Crippen LogP contribution in [0.3, 0.4) is 0 Å². The molecule has 0 radical (unpaired) electrons. The number of carbonyl (C=O) groups excluding carboxylic acids is 1. The molecule has 1 rings (SSSR count). The zero-order chi connectivity index (χ0) is 14.5. The van der Waals surface area contributed by atoms with Crippen LogP contribution in [0.1, 0.15) is 46.5 Å². The predicted octanol–water partition coefficient (Wildman–Crippen LogP) is 1.38. The third-order valence-electron chi connectivity index (χ3n) is 3.36. The topological polar surface area (TPSA) is 78.4 Å². The Morgan fingerprint density at radius 2 is 2.05 bits per heavy atom.